The molecule has 1 saturated heterocycles. The number of fused-ring (bicyclic) bond motifs is 1. The molecule has 1 fully saturated rings. The number of allylic oxidation sites excluding steroid dienone is 1. The summed E-state index contributed by atoms with van der Waals surface area (Å²) in [4.78, 5) is 23.3. The van der Waals surface area contributed by atoms with E-state index in [0.29, 0.717) is 6.42 Å². The lowest BCUT2D eigenvalue weighted by molar-refractivity contribution is -0.154. The van der Waals surface area contributed by atoms with Crippen LogP contribution in [0, 0.1) is 17.8 Å². The van der Waals surface area contributed by atoms with Gasteiger partial charge in [-0.15, -0.1) is 0 Å². The SMILES string of the molecule is COC(=O)[C@@H]1CC=C(Br)[C@@H]2[C@@H]1C(=O)O[C@H]2C. The van der Waals surface area contributed by atoms with E-state index >= 15 is 0 Å². The molecule has 0 amide bonds. The van der Waals surface area contributed by atoms with Gasteiger partial charge in [0.15, 0.2) is 0 Å². The molecule has 4 atom stereocenters. The zero-order chi connectivity index (χ0) is 11.9. The molecule has 4 nitrogen and oxygen atoms in total. The van der Waals surface area contributed by atoms with Crippen LogP contribution in [0.15, 0.2) is 10.6 Å². The average molecular weight is 289 g/mol. The van der Waals surface area contributed by atoms with Crippen molar-refractivity contribution in [1.82, 2.24) is 0 Å². The van der Waals surface area contributed by atoms with Gasteiger partial charge in [0.05, 0.1) is 18.9 Å². The van der Waals surface area contributed by atoms with E-state index in [-0.39, 0.29) is 24.0 Å². The Kier molecular flexibility index (Phi) is 3.06. The largest absolute Gasteiger partial charge is 0.469 e. The highest BCUT2D eigenvalue weighted by Gasteiger charge is 2.51. The summed E-state index contributed by atoms with van der Waals surface area (Å²) in [6.07, 6.45) is 2.27. The van der Waals surface area contributed by atoms with E-state index in [4.69, 9.17) is 9.47 Å². The Balaban J connectivity index is 2.33. The molecule has 1 aliphatic carbocycles. The van der Waals surface area contributed by atoms with E-state index in [1.54, 1.807) is 0 Å². The Morgan fingerprint density at radius 3 is 2.88 bits per heavy atom. The molecule has 0 bridgehead atoms. The maximum absolute atomic E-state index is 11.7. The maximum atomic E-state index is 11.7. The van der Waals surface area contributed by atoms with E-state index in [2.05, 4.69) is 15.9 Å². The first-order valence-electron chi connectivity index (χ1n) is 5.20. The fraction of sp³-hybridized carbons (Fsp3) is 0.636. The second kappa shape index (κ2) is 4.20. The minimum atomic E-state index is -0.409. The molecule has 0 radical (unpaired) electrons. The highest BCUT2D eigenvalue weighted by atomic mass is 79.9. The number of ether oxygens (including phenoxy) is 2. The Morgan fingerprint density at radius 2 is 2.25 bits per heavy atom. The van der Waals surface area contributed by atoms with Gasteiger partial charge in [0.25, 0.3) is 0 Å². The molecule has 2 aliphatic rings. The number of rotatable bonds is 1. The molecule has 0 aromatic rings. The van der Waals surface area contributed by atoms with Crippen LogP contribution >= 0.6 is 15.9 Å². The standard InChI is InChI=1S/C11H13BrO4/c1-5-8-7(12)4-3-6(10(13)15-2)9(8)11(14)16-5/h4-6,8-9H,3H2,1-2H3/t5-,6+,8+,9+/m0/s1. The van der Waals surface area contributed by atoms with E-state index in [0.717, 1.165) is 4.48 Å². The smallest absolute Gasteiger partial charge is 0.310 e. The van der Waals surface area contributed by atoms with Crippen LogP contribution in [-0.2, 0) is 19.1 Å². The van der Waals surface area contributed by atoms with Crippen LogP contribution in [0.1, 0.15) is 13.3 Å². The Hall–Kier alpha value is -0.840. The lowest BCUT2D eigenvalue weighted by Gasteiger charge is -2.28. The van der Waals surface area contributed by atoms with Gasteiger partial charge < -0.3 is 9.47 Å². The predicted octanol–water partition coefficient (Wildman–Crippen LogP) is 1.64. The number of esters is 2. The van der Waals surface area contributed by atoms with Crippen molar-refractivity contribution in [1.29, 1.82) is 0 Å². The van der Waals surface area contributed by atoms with Crippen molar-refractivity contribution in [2.45, 2.75) is 19.4 Å². The fourth-order valence-electron chi connectivity index (χ4n) is 2.50. The minimum absolute atomic E-state index is 0.0506. The number of carbonyl (C=O) groups excluding carboxylic acids is 2. The van der Waals surface area contributed by atoms with E-state index in [9.17, 15) is 9.59 Å². The third kappa shape index (κ3) is 1.67. The van der Waals surface area contributed by atoms with E-state index in [1.807, 2.05) is 13.0 Å². The molecule has 1 heterocycles. The van der Waals surface area contributed by atoms with Gasteiger partial charge in [0, 0.05) is 5.92 Å². The van der Waals surface area contributed by atoms with Gasteiger partial charge in [0.1, 0.15) is 6.10 Å². The number of methoxy groups -OCH3 is 1. The van der Waals surface area contributed by atoms with Gasteiger partial charge in [-0.25, -0.2) is 0 Å². The normalized spacial score (nSPS) is 37.4. The van der Waals surface area contributed by atoms with Gasteiger partial charge in [-0.2, -0.15) is 0 Å². The molecule has 88 valence electrons. The molecular weight excluding hydrogens is 276 g/mol. The first-order chi connectivity index (χ1) is 7.56. The summed E-state index contributed by atoms with van der Waals surface area (Å²) in [5, 5.41) is 0. The summed E-state index contributed by atoms with van der Waals surface area (Å²) in [7, 11) is 1.34. The second-order valence-corrected chi connectivity index (χ2v) is 5.06. The van der Waals surface area contributed by atoms with Crippen LogP contribution in [0.3, 0.4) is 0 Å². The van der Waals surface area contributed by atoms with Crippen LogP contribution in [0.5, 0.6) is 0 Å². The van der Waals surface area contributed by atoms with Crippen LogP contribution in [-0.4, -0.2) is 25.2 Å². The quantitative estimate of drug-likeness (QED) is 0.689. The third-order valence-corrected chi connectivity index (χ3v) is 4.14. The predicted molar refractivity (Wildman–Crippen MR) is 59.7 cm³/mol. The summed E-state index contributed by atoms with van der Waals surface area (Å²) in [6.45, 7) is 1.84. The van der Waals surface area contributed by atoms with Crippen molar-refractivity contribution in [3.63, 3.8) is 0 Å². The van der Waals surface area contributed by atoms with Crippen molar-refractivity contribution in [2.24, 2.45) is 17.8 Å². The summed E-state index contributed by atoms with van der Waals surface area (Å²) in [5.74, 6) is -1.49. The Morgan fingerprint density at radius 1 is 1.56 bits per heavy atom. The summed E-state index contributed by atoms with van der Waals surface area (Å²) < 4.78 is 10.9. The topological polar surface area (TPSA) is 52.6 Å². The van der Waals surface area contributed by atoms with Gasteiger partial charge in [-0.05, 0) is 17.8 Å². The molecule has 2 rings (SSSR count). The van der Waals surface area contributed by atoms with E-state index < -0.39 is 11.8 Å². The van der Waals surface area contributed by atoms with Crippen molar-refractivity contribution in [2.75, 3.05) is 7.11 Å². The molecule has 0 N–H and O–H groups in total. The molecule has 16 heavy (non-hydrogen) atoms. The Bertz CT molecular complexity index is 363. The van der Waals surface area contributed by atoms with Gasteiger partial charge in [0.2, 0.25) is 0 Å². The van der Waals surface area contributed by atoms with Crippen molar-refractivity contribution >= 4 is 27.9 Å². The summed E-state index contributed by atoms with van der Waals surface area (Å²) >= 11 is 3.44. The Labute approximate surface area is 102 Å². The third-order valence-electron chi connectivity index (χ3n) is 3.29. The van der Waals surface area contributed by atoms with Crippen molar-refractivity contribution in [3.05, 3.63) is 10.6 Å². The molecule has 5 heteroatoms. The molecule has 0 spiro atoms. The fourth-order valence-corrected chi connectivity index (χ4v) is 3.34. The average Bonchev–Trinajstić information content (AvgIpc) is 2.55. The number of carbonyl (C=O) groups is 2. The van der Waals surface area contributed by atoms with Crippen LogP contribution in [0.2, 0.25) is 0 Å². The molecule has 0 unspecified atom stereocenters. The van der Waals surface area contributed by atoms with Gasteiger partial charge in [-0.3, -0.25) is 9.59 Å². The summed E-state index contributed by atoms with van der Waals surface area (Å²) in [5.41, 5.74) is 0. The van der Waals surface area contributed by atoms with Crippen LogP contribution in [0.4, 0.5) is 0 Å². The van der Waals surface area contributed by atoms with Crippen molar-refractivity contribution < 1.29 is 19.1 Å². The van der Waals surface area contributed by atoms with E-state index in [1.165, 1.54) is 7.11 Å². The van der Waals surface area contributed by atoms with Crippen LogP contribution < -0.4 is 0 Å². The minimum Gasteiger partial charge on any atom is -0.469 e. The first-order valence-corrected chi connectivity index (χ1v) is 5.99. The summed E-state index contributed by atoms with van der Waals surface area (Å²) in [6, 6.07) is 0. The molecule has 0 aromatic heterocycles. The lowest BCUT2D eigenvalue weighted by Crippen LogP contribution is -2.35. The number of hydrogen-bond acceptors (Lipinski definition) is 4. The molecular formula is C11H13BrO4. The monoisotopic (exact) mass is 288 g/mol. The molecule has 0 aromatic carbocycles. The van der Waals surface area contributed by atoms with Crippen LogP contribution in [0.25, 0.3) is 0 Å². The highest BCUT2D eigenvalue weighted by Crippen LogP contribution is 2.45. The van der Waals surface area contributed by atoms with Gasteiger partial charge >= 0.3 is 11.9 Å². The lowest BCUT2D eigenvalue weighted by atomic mass is 9.75. The first kappa shape index (κ1) is 11.6. The molecule has 0 saturated carbocycles. The number of halogens is 1. The number of hydrogen-bond donors (Lipinski definition) is 0. The zero-order valence-electron chi connectivity index (χ0n) is 9.10. The maximum Gasteiger partial charge on any atom is 0.310 e. The second-order valence-electron chi connectivity index (χ2n) is 4.15. The number of cyclic esters (lactones) is 1. The molecule has 1 aliphatic heterocycles. The van der Waals surface area contributed by atoms with Crippen molar-refractivity contribution in [3.8, 4) is 0 Å². The zero-order valence-corrected chi connectivity index (χ0v) is 10.7. The highest BCUT2D eigenvalue weighted by molar-refractivity contribution is 9.11. The van der Waals surface area contributed by atoms with Gasteiger partial charge in [-0.1, -0.05) is 22.0 Å².